The van der Waals surface area contributed by atoms with E-state index in [-0.39, 0.29) is 17.6 Å². The number of hydrogen-bond acceptors (Lipinski definition) is 6. The van der Waals surface area contributed by atoms with E-state index in [4.69, 9.17) is 5.73 Å². The van der Waals surface area contributed by atoms with Crippen LogP contribution in [0.5, 0.6) is 0 Å². The summed E-state index contributed by atoms with van der Waals surface area (Å²) in [6, 6.07) is 8.20. The maximum absolute atomic E-state index is 13.6. The van der Waals surface area contributed by atoms with Gasteiger partial charge in [0.05, 0.1) is 45.9 Å². The molecule has 190 valence electrons. The van der Waals surface area contributed by atoms with Gasteiger partial charge < -0.3 is 5.73 Å². The lowest BCUT2D eigenvalue weighted by atomic mass is 10.1. The summed E-state index contributed by atoms with van der Waals surface area (Å²) in [7, 11) is 3.18. The molecular formula is C24H21F3N8O2. The molecule has 0 unspecified atom stereocenters. The van der Waals surface area contributed by atoms with Crippen LogP contribution in [0.2, 0.25) is 0 Å². The maximum Gasteiger partial charge on any atom is 0.416 e. The number of alkyl halides is 3. The van der Waals surface area contributed by atoms with E-state index in [9.17, 15) is 22.8 Å². The number of rotatable bonds is 3. The Bertz CT molecular complexity index is 1710. The number of aromatic nitrogens is 5. The molecule has 2 amide bonds. The largest absolute Gasteiger partial charge is 0.416 e. The molecule has 1 aromatic carbocycles. The summed E-state index contributed by atoms with van der Waals surface area (Å²) in [6.07, 6.45) is -1.71. The number of carbonyl (C=O) groups is 2. The lowest BCUT2D eigenvalue weighted by molar-refractivity contribution is -0.140. The molecule has 0 saturated heterocycles. The predicted octanol–water partition coefficient (Wildman–Crippen LogP) is 3.41. The second-order valence-corrected chi connectivity index (χ2v) is 8.58. The number of nitrogens with zero attached hydrogens (tertiary/aromatic N) is 7. The SMILES string of the molecule is CC(=O)N(C)N(Cc1cc2cc(C(F)(F)F)ccn2n1)C(=O)c1ccc2nc(N)c3cnn(C)c3c2c1. The van der Waals surface area contributed by atoms with E-state index in [2.05, 4.69) is 15.2 Å². The van der Waals surface area contributed by atoms with Crippen molar-refractivity contribution in [3.05, 3.63) is 65.6 Å². The Balaban J connectivity index is 1.55. The second kappa shape index (κ2) is 8.47. The maximum atomic E-state index is 13.6. The smallest absolute Gasteiger partial charge is 0.383 e. The quantitative estimate of drug-likeness (QED) is 0.372. The Kier molecular flexibility index (Phi) is 5.50. The van der Waals surface area contributed by atoms with Crippen LogP contribution in [-0.4, -0.2) is 53.3 Å². The number of pyridine rings is 2. The summed E-state index contributed by atoms with van der Waals surface area (Å²) in [5.41, 5.74) is 7.27. The van der Waals surface area contributed by atoms with Gasteiger partial charge in [-0.2, -0.15) is 23.4 Å². The highest BCUT2D eigenvalue weighted by Crippen LogP contribution is 2.31. The Morgan fingerprint density at radius 2 is 1.86 bits per heavy atom. The summed E-state index contributed by atoms with van der Waals surface area (Å²) >= 11 is 0. The molecule has 0 spiro atoms. The van der Waals surface area contributed by atoms with Gasteiger partial charge in [-0.05, 0) is 36.4 Å². The van der Waals surface area contributed by atoms with Crippen LogP contribution >= 0.6 is 0 Å². The number of halogens is 3. The molecule has 2 N–H and O–H groups in total. The number of aryl methyl sites for hydroxylation is 1. The molecule has 37 heavy (non-hydrogen) atoms. The summed E-state index contributed by atoms with van der Waals surface area (Å²) in [5, 5.41) is 12.1. The number of hydrazine groups is 1. The molecule has 0 aliphatic heterocycles. The normalized spacial score (nSPS) is 11.9. The van der Waals surface area contributed by atoms with Crippen molar-refractivity contribution in [2.45, 2.75) is 19.6 Å². The van der Waals surface area contributed by atoms with Crippen molar-refractivity contribution in [3.63, 3.8) is 0 Å². The van der Waals surface area contributed by atoms with Crippen molar-refractivity contribution in [3.8, 4) is 0 Å². The standard InChI is InChI=1S/C24H21F3N8O2/c1-13(36)33(3)35(12-16-10-17-9-15(24(25,26)27)6-7-34(17)31-16)23(37)14-4-5-20-18(8-14)21-19(22(28)30-20)11-29-32(21)2/h4-11H,12H2,1-3H3,(H2,28,30). The fourth-order valence-electron chi connectivity index (χ4n) is 4.18. The van der Waals surface area contributed by atoms with Gasteiger partial charge in [-0.1, -0.05) is 0 Å². The van der Waals surface area contributed by atoms with Gasteiger partial charge in [-0.25, -0.2) is 14.5 Å². The van der Waals surface area contributed by atoms with Crippen molar-refractivity contribution in [1.29, 1.82) is 0 Å². The van der Waals surface area contributed by atoms with E-state index in [0.717, 1.165) is 17.1 Å². The highest BCUT2D eigenvalue weighted by molar-refractivity contribution is 6.10. The monoisotopic (exact) mass is 510 g/mol. The fourth-order valence-corrected chi connectivity index (χ4v) is 4.18. The van der Waals surface area contributed by atoms with Crippen molar-refractivity contribution >= 4 is 45.0 Å². The zero-order chi connectivity index (χ0) is 26.6. The van der Waals surface area contributed by atoms with Crippen molar-refractivity contribution in [2.75, 3.05) is 12.8 Å². The minimum absolute atomic E-state index is 0.156. The third-order valence-electron chi connectivity index (χ3n) is 6.16. The van der Waals surface area contributed by atoms with Crippen molar-refractivity contribution in [1.82, 2.24) is 34.4 Å². The van der Waals surface area contributed by atoms with Crippen LogP contribution in [0.3, 0.4) is 0 Å². The Morgan fingerprint density at radius 3 is 2.57 bits per heavy atom. The minimum Gasteiger partial charge on any atom is -0.383 e. The number of nitrogens with two attached hydrogens (primary N) is 1. The van der Waals surface area contributed by atoms with Crippen LogP contribution < -0.4 is 5.73 Å². The van der Waals surface area contributed by atoms with Gasteiger partial charge in [0.25, 0.3) is 5.91 Å². The first kappa shape index (κ1) is 24.0. The van der Waals surface area contributed by atoms with E-state index in [1.807, 2.05) is 0 Å². The zero-order valence-corrected chi connectivity index (χ0v) is 20.0. The topological polar surface area (TPSA) is 115 Å². The van der Waals surface area contributed by atoms with Gasteiger partial charge >= 0.3 is 6.18 Å². The summed E-state index contributed by atoms with van der Waals surface area (Å²) in [4.78, 5) is 30.3. The number of hydrogen-bond donors (Lipinski definition) is 1. The average Bonchev–Trinajstić information content (AvgIpc) is 3.44. The van der Waals surface area contributed by atoms with Crippen molar-refractivity contribution < 1.29 is 22.8 Å². The van der Waals surface area contributed by atoms with E-state index >= 15 is 0 Å². The summed E-state index contributed by atoms with van der Waals surface area (Å²) in [5.74, 6) is -0.617. The Morgan fingerprint density at radius 1 is 1.11 bits per heavy atom. The van der Waals surface area contributed by atoms with Crippen LogP contribution in [0.15, 0.2) is 48.8 Å². The third-order valence-corrected chi connectivity index (χ3v) is 6.16. The lowest BCUT2D eigenvalue weighted by Crippen LogP contribution is -2.46. The fraction of sp³-hybridized carbons (Fsp3) is 0.208. The van der Waals surface area contributed by atoms with Crippen LogP contribution in [0.1, 0.15) is 28.5 Å². The number of carbonyl (C=O) groups excluding carboxylic acids is 2. The molecule has 0 atom stereocenters. The van der Waals surface area contributed by atoms with Crippen molar-refractivity contribution in [2.24, 2.45) is 7.05 Å². The number of amides is 2. The number of nitrogen functional groups attached to an aromatic ring is 1. The molecule has 4 heterocycles. The molecule has 5 rings (SSSR count). The van der Waals surface area contributed by atoms with Gasteiger partial charge in [0.1, 0.15) is 5.82 Å². The molecular weight excluding hydrogens is 489 g/mol. The highest BCUT2D eigenvalue weighted by atomic mass is 19.4. The molecule has 0 aliphatic carbocycles. The van der Waals surface area contributed by atoms with E-state index in [1.165, 1.54) is 35.8 Å². The van der Waals surface area contributed by atoms with Crippen LogP contribution in [0, 0.1) is 0 Å². The van der Waals surface area contributed by atoms with E-state index < -0.39 is 23.6 Å². The zero-order valence-electron chi connectivity index (χ0n) is 20.0. The molecule has 13 heteroatoms. The highest BCUT2D eigenvalue weighted by Gasteiger charge is 2.31. The lowest BCUT2D eigenvalue weighted by Gasteiger charge is -2.30. The number of fused-ring (bicyclic) bond motifs is 4. The molecule has 10 nitrogen and oxygen atoms in total. The number of benzene rings is 1. The molecule has 0 aliphatic rings. The van der Waals surface area contributed by atoms with E-state index in [1.54, 1.807) is 36.1 Å². The molecule has 0 saturated carbocycles. The molecule has 0 bridgehead atoms. The summed E-state index contributed by atoms with van der Waals surface area (Å²) in [6.45, 7) is 1.14. The minimum atomic E-state index is -4.50. The van der Waals surface area contributed by atoms with Crippen LogP contribution in [-0.2, 0) is 24.6 Å². The molecule has 0 fully saturated rings. The molecule has 0 radical (unpaired) electrons. The predicted molar refractivity (Wildman–Crippen MR) is 129 cm³/mol. The van der Waals surface area contributed by atoms with Crippen LogP contribution in [0.4, 0.5) is 19.0 Å². The molecule has 4 aromatic heterocycles. The first-order chi connectivity index (χ1) is 17.4. The first-order valence-corrected chi connectivity index (χ1v) is 11.1. The third kappa shape index (κ3) is 4.17. The average molecular weight is 510 g/mol. The first-order valence-electron chi connectivity index (χ1n) is 11.1. The van der Waals surface area contributed by atoms with Crippen LogP contribution in [0.25, 0.3) is 27.3 Å². The van der Waals surface area contributed by atoms with Gasteiger partial charge in [0.2, 0.25) is 5.91 Å². The molecule has 5 aromatic rings. The summed E-state index contributed by atoms with van der Waals surface area (Å²) < 4.78 is 42.3. The van der Waals surface area contributed by atoms with Gasteiger partial charge in [0, 0.05) is 38.2 Å². The Hall–Kier alpha value is -4.68. The van der Waals surface area contributed by atoms with Gasteiger partial charge in [-0.3, -0.25) is 19.3 Å². The van der Waals surface area contributed by atoms with Gasteiger partial charge in [0.15, 0.2) is 0 Å². The Labute approximate surface area is 207 Å². The van der Waals surface area contributed by atoms with E-state index in [0.29, 0.717) is 33.3 Å². The van der Waals surface area contributed by atoms with Gasteiger partial charge in [-0.15, -0.1) is 0 Å². The number of anilines is 1. The second-order valence-electron chi connectivity index (χ2n) is 8.58.